The van der Waals surface area contributed by atoms with Gasteiger partial charge in [-0.05, 0) is 70.6 Å². The molecule has 0 spiro atoms. The summed E-state index contributed by atoms with van der Waals surface area (Å²) in [5.41, 5.74) is 0. The maximum atomic E-state index is 12.2. The van der Waals surface area contributed by atoms with Gasteiger partial charge in [0.15, 0.2) is 0 Å². The van der Waals surface area contributed by atoms with Crippen molar-refractivity contribution in [2.75, 3.05) is 39.6 Å². The van der Waals surface area contributed by atoms with Gasteiger partial charge in [-0.1, -0.05) is 178 Å². The molecule has 392 valence electrons. The lowest BCUT2D eigenvalue weighted by atomic mass is 10.1. The van der Waals surface area contributed by atoms with Gasteiger partial charge in [-0.3, -0.25) is 27.7 Å². The van der Waals surface area contributed by atoms with Gasteiger partial charge in [0.1, 0.15) is 31.5 Å². The second kappa shape index (κ2) is 47.0. The third-order valence-electron chi connectivity index (χ3n) is 8.69. The van der Waals surface area contributed by atoms with E-state index < -0.39 is 85.5 Å². The first-order valence-electron chi connectivity index (χ1n) is 23.9. The summed E-state index contributed by atoms with van der Waals surface area (Å²) in [4.78, 5) is 43.7. The Kier molecular flexibility index (Phi) is 44.1. The van der Waals surface area contributed by atoms with Crippen molar-refractivity contribution in [2.45, 2.75) is 122 Å². The number of phosphoric acid groups is 2. The zero-order valence-electron chi connectivity index (χ0n) is 41.1. The quantitative estimate of drug-likeness (QED) is 0.0126. The Labute approximate surface area is 417 Å². The minimum absolute atomic E-state index is 0.0613. The predicted octanol–water partition coefficient (Wildman–Crippen LogP) is 11.2. The van der Waals surface area contributed by atoms with Crippen molar-refractivity contribution in [3.63, 3.8) is 0 Å². The van der Waals surface area contributed by atoms with E-state index in [1.165, 1.54) is 0 Å². The van der Waals surface area contributed by atoms with E-state index in [1.54, 1.807) is 0 Å². The molecule has 0 aliphatic heterocycles. The van der Waals surface area contributed by atoms with Gasteiger partial charge >= 0.3 is 27.6 Å². The molecule has 5 N–H and O–H groups in total. The molecule has 0 amide bonds. The number of aliphatic hydroxyl groups is 3. The normalized spacial score (nSPS) is 16.3. The average molecular weight is 1020 g/mol. The van der Waals surface area contributed by atoms with Gasteiger partial charge in [0.2, 0.25) is 0 Å². The second-order valence-electron chi connectivity index (χ2n) is 15.2. The Hall–Kier alpha value is -4.34. The monoisotopic (exact) mass is 1020 g/mol. The number of phosphoric ester groups is 2. The van der Waals surface area contributed by atoms with E-state index in [-0.39, 0.29) is 12.8 Å². The molecule has 0 saturated heterocycles. The Morgan fingerprint density at radius 2 is 0.714 bits per heavy atom. The highest BCUT2D eigenvalue weighted by atomic mass is 31.2. The summed E-state index contributed by atoms with van der Waals surface area (Å²) < 4.78 is 52.9. The van der Waals surface area contributed by atoms with Gasteiger partial charge in [0.05, 0.1) is 26.4 Å². The van der Waals surface area contributed by atoms with Crippen LogP contribution in [0.5, 0.6) is 0 Å². The fourth-order valence-electron chi connectivity index (χ4n) is 5.04. The zero-order valence-corrected chi connectivity index (χ0v) is 42.9. The van der Waals surface area contributed by atoms with Crippen molar-refractivity contribution in [3.8, 4) is 0 Å². The number of carbonyl (C=O) groups excluding carboxylic acids is 2. The van der Waals surface area contributed by atoms with Gasteiger partial charge < -0.3 is 34.6 Å². The van der Waals surface area contributed by atoms with Crippen molar-refractivity contribution < 1.29 is 71.4 Å². The van der Waals surface area contributed by atoms with E-state index in [4.69, 9.17) is 9.47 Å². The van der Waals surface area contributed by atoms with E-state index >= 15 is 0 Å². The number of carbonyl (C=O) groups is 2. The summed E-state index contributed by atoms with van der Waals surface area (Å²) in [6, 6.07) is 0. The summed E-state index contributed by atoms with van der Waals surface area (Å²) in [5, 5.41) is 30.0. The topological polar surface area (TPSA) is 225 Å². The molecular weight excluding hydrogens is 939 g/mol. The first-order chi connectivity index (χ1) is 33.8. The number of aliphatic hydroxyl groups excluding tert-OH is 3. The van der Waals surface area contributed by atoms with Crippen LogP contribution in [-0.2, 0) is 46.3 Å². The zero-order chi connectivity index (χ0) is 51.7. The van der Waals surface area contributed by atoms with E-state index in [0.717, 1.165) is 57.8 Å². The number of unbranched alkanes of at least 4 members (excludes halogenated alkanes) is 3. The lowest BCUT2D eigenvalue weighted by molar-refractivity contribution is -0.148. The van der Waals surface area contributed by atoms with Gasteiger partial charge in [-0.15, -0.1) is 0 Å². The van der Waals surface area contributed by atoms with Crippen molar-refractivity contribution in [2.24, 2.45) is 0 Å². The lowest BCUT2D eigenvalue weighted by Crippen LogP contribution is -2.25. The highest BCUT2D eigenvalue weighted by molar-refractivity contribution is 7.47. The third-order valence-corrected chi connectivity index (χ3v) is 10.6. The third kappa shape index (κ3) is 48.7. The maximum Gasteiger partial charge on any atom is 0.472 e. The summed E-state index contributed by atoms with van der Waals surface area (Å²) in [6.07, 6.45) is 58.1. The second-order valence-corrected chi connectivity index (χ2v) is 18.1. The number of ether oxygens (including phenoxy) is 2. The van der Waals surface area contributed by atoms with Crippen LogP contribution >= 0.6 is 15.6 Å². The first kappa shape index (κ1) is 65.7. The fraction of sp³-hybridized carbons (Fsp3) is 0.472. The molecule has 0 saturated carbocycles. The molecule has 0 fully saturated rings. The Bertz CT molecular complexity index is 1850. The molecule has 0 heterocycles. The largest absolute Gasteiger partial charge is 0.472 e. The van der Waals surface area contributed by atoms with E-state index in [0.29, 0.717) is 19.3 Å². The summed E-state index contributed by atoms with van der Waals surface area (Å²) in [5.74, 6) is -1.14. The molecule has 0 radical (unpaired) electrons. The summed E-state index contributed by atoms with van der Waals surface area (Å²) >= 11 is 0. The summed E-state index contributed by atoms with van der Waals surface area (Å²) in [7, 11) is -9.63. The van der Waals surface area contributed by atoms with Crippen molar-refractivity contribution in [3.05, 3.63) is 158 Å². The van der Waals surface area contributed by atoms with Crippen molar-refractivity contribution in [1.82, 2.24) is 0 Å². The molecule has 0 aliphatic rings. The molecular formula is C53H80O15P2. The van der Waals surface area contributed by atoms with Crippen molar-refractivity contribution >= 4 is 27.6 Å². The van der Waals surface area contributed by atoms with Crippen LogP contribution < -0.4 is 0 Å². The van der Waals surface area contributed by atoms with Crippen LogP contribution in [0.25, 0.3) is 0 Å². The highest BCUT2D eigenvalue weighted by Gasteiger charge is 2.28. The maximum absolute atomic E-state index is 12.2. The van der Waals surface area contributed by atoms with Crippen LogP contribution in [0.15, 0.2) is 158 Å². The van der Waals surface area contributed by atoms with Gasteiger partial charge in [0, 0.05) is 12.8 Å². The van der Waals surface area contributed by atoms with Crippen LogP contribution in [0.3, 0.4) is 0 Å². The molecule has 0 rings (SSSR count). The number of hydrogen-bond acceptors (Lipinski definition) is 13. The molecule has 70 heavy (non-hydrogen) atoms. The van der Waals surface area contributed by atoms with Crippen LogP contribution in [0.1, 0.15) is 104 Å². The molecule has 0 aromatic heterocycles. The van der Waals surface area contributed by atoms with Crippen LogP contribution in [0, 0.1) is 0 Å². The van der Waals surface area contributed by atoms with E-state index in [2.05, 4.69) is 92.7 Å². The highest BCUT2D eigenvalue weighted by Crippen LogP contribution is 2.45. The molecule has 0 aromatic rings. The molecule has 15 nitrogen and oxygen atoms in total. The Balaban J connectivity index is 4.06. The molecule has 5 atom stereocenters. The fourth-order valence-corrected chi connectivity index (χ4v) is 6.63. The molecule has 17 heteroatoms. The van der Waals surface area contributed by atoms with Crippen LogP contribution in [0.4, 0.5) is 0 Å². The average Bonchev–Trinajstić information content (AvgIpc) is 3.34. The van der Waals surface area contributed by atoms with E-state index in [1.807, 2.05) is 97.2 Å². The number of allylic oxidation sites excluding steroid dienone is 26. The summed E-state index contributed by atoms with van der Waals surface area (Å²) in [6.45, 7) is -0.0450. The minimum Gasteiger partial charge on any atom is -0.463 e. The van der Waals surface area contributed by atoms with Gasteiger partial charge in [0.25, 0.3) is 0 Å². The lowest BCUT2D eigenvalue weighted by Gasteiger charge is -2.19. The van der Waals surface area contributed by atoms with Crippen LogP contribution in [0.2, 0.25) is 0 Å². The molecule has 5 unspecified atom stereocenters. The number of hydrogen-bond donors (Lipinski definition) is 5. The van der Waals surface area contributed by atoms with E-state index in [9.17, 15) is 43.8 Å². The molecule has 0 aromatic carbocycles. The van der Waals surface area contributed by atoms with Crippen molar-refractivity contribution in [1.29, 1.82) is 0 Å². The minimum atomic E-state index is -4.82. The van der Waals surface area contributed by atoms with Gasteiger partial charge in [-0.2, -0.15) is 0 Å². The predicted molar refractivity (Wildman–Crippen MR) is 278 cm³/mol. The molecule has 0 bridgehead atoms. The van der Waals surface area contributed by atoms with Gasteiger partial charge in [-0.25, -0.2) is 9.13 Å². The van der Waals surface area contributed by atoms with Crippen LogP contribution in [-0.4, -0.2) is 95.0 Å². The Morgan fingerprint density at radius 1 is 0.386 bits per heavy atom. The number of esters is 2. The smallest absolute Gasteiger partial charge is 0.463 e. The number of rotatable bonds is 43. The Morgan fingerprint density at radius 3 is 1.11 bits per heavy atom. The standard InChI is InChI=1S/C53H80O15P2/c1-3-5-7-9-11-13-15-17-19-21-23-25-27-29-31-33-35-37-39-41-52(57)63-43-49(54)45-65-69(59,60)67-47-51(56)48-68-70(61,62)66-46-50(55)44-64-53(58)42-40-38-36-34-32-30-28-26-24-22-20-18-16-14-12-10-8-6-4-2/h5-9,11-15,17-21,23-27,29-32,36,38,49-51,54-56H,3-4,10,16,22,28,33-35,37,39-48H2,1-2H3,(H,59,60)(H,61,62)/b7-5+,8-6-,11-9+,14-12-,15-13-,19-17+,20-18-,23-21+,26-24-,27-25+,31-29+,32-30-,38-36-. The SMILES string of the molecule is CC/C=C\C/C=C\C/C=C\C/C=C\C/C=C\C/C=C\CCC(=O)OCC(O)COP(=O)(O)OCC(O)COP(=O)(O)OCC(O)COC(=O)CCCCC/C=C/C=C/C=C/C=C/C=C\C=C\C=C\CC. The first-order valence-corrected chi connectivity index (χ1v) is 26.9. The molecule has 0 aliphatic carbocycles.